The maximum Gasteiger partial charge on any atom is 0.191 e. The molecule has 1 aromatic heterocycles. The second-order valence-corrected chi connectivity index (χ2v) is 5.88. The summed E-state index contributed by atoms with van der Waals surface area (Å²) in [5.41, 5.74) is 0. The fourth-order valence-electron chi connectivity index (χ4n) is 2.28. The van der Waals surface area contributed by atoms with Crippen LogP contribution in [0.3, 0.4) is 0 Å². The largest absolute Gasteiger partial charge is 0.486 e. The minimum absolute atomic E-state index is 0. The van der Waals surface area contributed by atoms with Crippen LogP contribution in [-0.4, -0.2) is 39.9 Å². The van der Waals surface area contributed by atoms with E-state index in [0.717, 1.165) is 24.6 Å². The molecule has 0 aliphatic heterocycles. The molecule has 27 heavy (non-hydrogen) atoms. The molecule has 1 aromatic carbocycles. The molecule has 0 fully saturated rings. The zero-order valence-electron chi connectivity index (χ0n) is 16.2. The topological polar surface area (TPSA) is 76.4 Å². The number of guanidine groups is 1. The number of nitrogens with zero attached hydrogens (tertiary/aromatic N) is 4. The van der Waals surface area contributed by atoms with Crippen molar-refractivity contribution in [3.63, 3.8) is 0 Å². The van der Waals surface area contributed by atoms with Crippen LogP contribution in [0.2, 0.25) is 0 Å². The fraction of sp³-hybridized carbons (Fsp3) is 0.500. The van der Waals surface area contributed by atoms with Crippen molar-refractivity contribution in [3.8, 4) is 5.75 Å². The Balaban J connectivity index is 0.00000364. The lowest BCUT2D eigenvalue weighted by Crippen LogP contribution is -2.42. The summed E-state index contributed by atoms with van der Waals surface area (Å²) in [5.74, 6) is 2.19. The second kappa shape index (κ2) is 11.7. The van der Waals surface area contributed by atoms with Gasteiger partial charge in [-0.1, -0.05) is 19.1 Å². The zero-order chi connectivity index (χ0) is 18.9. The summed E-state index contributed by atoms with van der Waals surface area (Å²) in [6.07, 6.45) is 0.566. The first-order valence-corrected chi connectivity index (χ1v) is 8.83. The number of aromatic nitrogens is 3. The monoisotopic (exact) mass is 490 g/mol. The van der Waals surface area contributed by atoms with Gasteiger partial charge in [0.1, 0.15) is 18.5 Å². The number of hydrogen-bond acceptors (Lipinski definition) is 4. The molecular weight excluding hydrogens is 462 g/mol. The zero-order valence-corrected chi connectivity index (χ0v) is 18.5. The lowest BCUT2D eigenvalue weighted by Gasteiger charge is -2.20. The molecule has 1 unspecified atom stereocenters. The minimum Gasteiger partial charge on any atom is -0.486 e. The highest BCUT2D eigenvalue weighted by atomic mass is 127. The van der Waals surface area contributed by atoms with Gasteiger partial charge >= 0.3 is 0 Å². The van der Waals surface area contributed by atoms with E-state index in [4.69, 9.17) is 4.74 Å². The van der Waals surface area contributed by atoms with E-state index in [9.17, 15) is 4.39 Å². The number of para-hydroxylation sites is 1. The highest BCUT2D eigenvalue weighted by Crippen LogP contribution is 2.17. The Kier molecular flexibility index (Phi) is 10.0. The molecule has 0 radical (unpaired) electrons. The third-order valence-corrected chi connectivity index (χ3v) is 3.99. The predicted molar refractivity (Wildman–Crippen MR) is 115 cm³/mol. The highest BCUT2D eigenvalue weighted by molar-refractivity contribution is 14.0. The van der Waals surface area contributed by atoms with Crippen molar-refractivity contribution >= 4 is 29.9 Å². The summed E-state index contributed by atoms with van der Waals surface area (Å²) in [7, 11) is 1.91. The van der Waals surface area contributed by atoms with E-state index in [1.807, 2.05) is 32.4 Å². The van der Waals surface area contributed by atoms with Crippen LogP contribution in [0.1, 0.15) is 31.9 Å². The molecule has 0 aliphatic rings. The number of aliphatic imine (C=N–C) groups is 1. The first-order valence-electron chi connectivity index (χ1n) is 8.83. The minimum atomic E-state index is -0.357. The number of benzene rings is 1. The summed E-state index contributed by atoms with van der Waals surface area (Å²) < 4.78 is 21.4. The molecular formula is C18H28FIN6O. The molecule has 0 amide bonds. The molecule has 1 atom stereocenters. The van der Waals surface area contributed by atoms with Gasteiger partial charge in [0.25, 0.3) is 0 Å². The lowest BCUT2D eigenvalue weighted by molar-refractivity contribution is 0.191. The van der Waals surface area contributed by atoms with Gasteiger partial charge in [0.15, 0.2) is 23.4 Å². The summed E-state index contributed by atoms with van der Waals surface area (Å²) >= 11 is 0. The number of aryl methyl sites for hydroxylation is 1. The molecule has 2 N–H and O–H groups in total. The number of hydrogen-bond donors (Lipinski definition) is 2. The van der Waals surface area contributed by atoms with E-state index in [2.05, 4.69) is 25.8 Å². The van der Waals surface area contributed by atoms with Gasteiger partial charge < -0.3 is 19.9 Å². The van der Waals surface area contributed by atoms with E-state index >= 15 is 0 Å². The molecule has 0 bridgehead atoms. The van der Waals surface area contributed by atoms with Crippen LogP contribution < -0.4 is 15.4 Å². The van der Waals surface area contributed by atoms with Crippen molar-refractivity contribution in [2.24, 2.45) is 12.0 Å². The van der Waals surface area contributed by atoms with Crippen molar-refractivity contribution in [2.45, 2.75) is 39.8 Å². The average molecular weight is 490 g/mol. The fourth-order valence-corrected chi connectivity index (χ4v) is 2.28. The van der Waals surface area contributed by atoms with Crippen molar-refractivity contribution in [3.05, 3.63) is 41.7 Å². The van der Waals surface area contributed by atoms with Crippen LogP contribution in [0.25, 0.3) is 0 Å². The average Bonchev–Trinajstić information content (AvgIpc) is 2.96. The van der Waals surface area contributed by atoms with Crippen molar-refractivity contribution in [1.82, 2.24) is 25.4 Å². The molecule has 0 saturated heterocycles. The van der Waals surface area contributed by atoms with Crippen LogP contribution in [0, 0.1) is 12.7 Å². The van der Waals surface area contributed by atoms with Gasteiger partial charge in [0.2, 0.25) is 0 Å². The van der Waals surface area contributed by atoms with E-state index in [-0.39, 0.29) is 41.6 Å². The van der Waals surface area contributed by atoms with Gasteiger partial charge in [-0.25, -0.2) is 9.38 Å². The Labute approximate surface area is 176 Å². The van der Waals surface area contributed by atoms with Gasteiger partial charge in [0.05, 0.1) is 6.54 Å². The Bertz CT molecular complexity index is 736. The third kappa shape index (κ3) is 6.96. The first-order chi connectivity index (χ1) is 12.5. The Morgan fingerprint density at radius 3 is 2.59 bits per heavy atom. The van der Waals surface area contributed by atoms with E-state index in [0.29, 0.717) is 19.0 Å². The molecule has 7 nitrogen and oxygen atoms in total. The molecule has 0 spiro atoms. The van der Waals surface area contributed by atoms with Gasteiger partial charge in [-0.3, -0.25) is 0 Å². The van der Waals surface area contributed by atoms with Gasteiger partial charge in [-0.2, -0.15) is 0 Å². The highest BCUT2D eigenvalue weighted by Gasteiger charge is 2.12. The maximum atomic E-state index is 13.8. The standard InChI is InChI=1S/C18H27FN6O.HI/c1-5-14(26-16-10-8-7-9-15(16)19)11-21-18(20-6-2)22-12-17-24-23-13(3)25(17)4;/h7-10,14H,5-6,11-12H2,1-4H3,(H2,20,21,22);1H. The summed E-state index contributed by atoms with van der Waals surface area (Å²) in [6.45, 7) is 7.55. The quantitative estimate of drug-likeness (QED) is 0.338. The van der Waals surface area contributed by atoms with Crippen molar-refractivity contribution < 1.29 is 9.13 Å². The molecule has 150 valence electrons. The normalized spacial score (nSPS) is 12.3. The Morgan fingerprint density at radius 2 is 2.00 bits per heavy atom. The van der Waals surface area contributed by atoms with Crippen LogP contribution >= 0.6 is 24.0 Å². The lowest BCUT2D eigenvalue weighted by atomic mass is 10.2. The molecule has 0 saturated carbocycles. The second-order valence-electron chi connectivity index (χ2n) is 5.88. The summed E-state index contributed by atoms with van der Waals surface area (Å²) in [6, 6.07) is 6.43. The Morgan fingerprint density at radius 1 is 1.26 bits per heavy atom. The van der Waals surface area contributed by atoms with Crippen LogP contribution in [0.4, 0.5) is 4.39 Å². The third-order valence-electron chi connectivity index (χ3n) is 3.99. The molecule has 9 heteroatoms. The number of rotatable bonds is 8. The van der Waals surface area contributed by atoms with Gasteiger partial charge in [-0.05, 0) is 32.4 Å². The van der Waals surface area contributed by atoms with Crippen LogP contribution in [0.15, 0.2) is 29.3 Å². The van der Waals surface area contributed by atoms with E-state index in [1.165, 1.54) is 6.07 Å². The number of halogens is 2. The van der Waals surface area contributed by atoms with Gasteiger partial charge in [-0.15, -0.1) is 34.2 Å². The number of ether oxygens (including phenoxy) is 1. The summed E-state index contributed by atoms with van der Waals surface area (Å²) in [5, 5.41) is 14.6. The Hall–Kier alpha value is -1.91. The van der Waals surface area contributed by atoms with Crippen LogP contribution in [0.5, 0.6) is 5.75 Å². The maximum absolute atomic E-state index is 13.8. The first kappa shape index (κ1) is 23.1. The predicted octanol–water partition coefficient (Wildman–Crippen LogP) is 2.79. The van der Waals surface area contributed by atoms with Crippen LogP contribution in [-0.2, 0) is 13.6 Å². The summed E-state index contributed by atoms with van der Waals surface area (Å²) in [4.78, 5) is 4.53. The van der Waals surface area contributed by atoms with E-state index in [1.54, 1.807) is 18.2 Å². The smallest absolute Gasteiger partial charge is 0.191 e. The molecule has 0 aliphatic carbocycles. The van der Waals surface area contributed by atoms with E-state index < -0.39 is 0 Å². The van der Waals surface area contributed by atoms with Crippen molar-refractivity contribution in [2.75, 3.05) is 13.1 Å². The number of nitrogens with one attached hydrogen (secondary N) is 2. The van der Waals surface area contributed by atoms with Crippen molar-refractivity contribution in [1.29, 1.82) is 0 Å². The molecule has 1 heterocycles. The SMILES string of the molecule is CCNC(=NCc1nnc(C)n1C)NCC(CC)Oc1ccccc1F.I. The van der Waals surface area contributed by atoms with Gasteiger partial charge in [0, 0.05) is 13.6 Å². The molecule has 2 aromatic rings. The molecule has 2 rings (SSSR count).